The maximum atomic E-state index is 13.4. The van der Waals surface area contributed by atoms with E-state index in [2.05, 4.69) is 12.2 Å². The Bertz CT molecular complexity index is 904. The largest absolute Gasteiger partial charge is 0.490 e. The molecule has 2 aromatic carbocycles. The third-order valence-corrected chi connectivity index (χ3v) is 5.75. The normalized spacial score (nSPS) is 16.5. The monoisotopic (exact) mass is 412 g/mol. The van der Waals surface area contributed by atoms with Crippen LogP contribution in [0.15, 0.2) is 42.5 Å². The Balaban J connectivity index is 1.84. The molecule has 0 aliphatic carbocycles. The third kappa shape index (κ3) is 4.62. The number of rotatable bonds is 7. The van der Waals surface area contributed by atoms with Gasteiger partial charge >= 0.3 is 0 Å². The van der Waals surface area contributed by atoms with Crippen molar-refractivity contribution >= 4 is 17.3 Å². The Labute approximate surface area is 176 Å². The Kier molecular flexibility index (Phi) is 6.72. The van der Waals surface area contributed by atoms with E-state index >= 15 is 0 Å². The summed E-state index contributed by atoms with van der Waals surface area (Å²) in [4.78, 5) is 23.9. The van der Waals surface area contributed by atoms with E-state index in [0.717, 1.165) is 23.3 Å². The van der Waals surface area contributed by atoms with Crippen LogP contribution in [0.25, 0.3) is 0 Å². The molecular weight excluding hydrogens is 384 g/mol. The van der Waals surface area contributed by atoms with Crippen molar-refractivity contribution in [3.05, 3.63) is 63.7 Å². The van der Waals surface area contributed by atoms with Crippen LogP contribution in [0.2, 0.25) is 0 Å². The standard InChI is InChI=1S/C23H28N2O5/c1-4-17(3)30-21-10-7-19(15-16(21)2)24-22(26)23(11-13-29-14-12-23)18-5-8-20(9-6-18)25(27)28/h5-10,15,17H,4,11-14H2,1-3H3,(H,24,26). The average molecular weight is 412 g/mol. The molecule has 160 valence electrons. The molecule has 1 N–H and O–H groups in total. The van der Waals surface area contributed by atoms with E-state index in [-0.39, 0.29) is 17.7 Å². The number of benzene rings is 2. The van der Waals surface area contributed by atoms with E-state index in [4.69, 9.17) is 9.47 Å². The summed E-state index contributed by atoms with van der Waals surface area (Å²) in [5, 5.41) is 14.0. The maximum absolute atomic E-state index is 13.4. The van der Waals surface area contributed by atoms with Crippen LogP contribution in [0.5, 0.6) is 5.75 Å². The van der Waals surface area contributed by atoms with Gasteiger partial charge in [0.1, 0.15) is 5.75 Å². The fraction of sp³-hybridized carbons (Fsp3) is 0.435. The summed E-state index contributed by atoms with van der Waals surface area (Å²) >= 11 is 0. The summed E-state index contributed by atoms with van der Waals surface area (Å²) in [5.41, 5.74) is 1.63. The van der Waals surface area contributed by atoms with Gasteiger partial charge in [-0.05, 0) is 62.4 Å². The lowest BCUT2D eigenvalue weighted by Crippen LogP contribution is -2.44. The lowest BCUT2D eigenvalue weighted by molar-refractivity contribution is -0.384. The second-order valence-electron chi connectivity index (χ2n) is 7.77. The van der Waals surface area contributed by atoms with E-state index in [1.165, 1.54) is 12.1 Å². The highest BCUT2D eigenvalue weighted by Crippen LogP contribution is 2.37. The number of carbonyl (C=O) groups excluding carboxylic acids is 1. The van der Waals surface area contributed by atoms with E-state index in [0.29, 0.717) is 31.7 Å². The molecule has 7 nitrogen and oxygen atoms in total. The van der Waals surface area contributed by atoms with Gasteiger partial charge in [0.25, 0.3) is 5.69 Å². The Morgan fingerprint density at radius 3 is 2.47 bits per heavy atom. The minimum absolute atomic E-state index is 0.00823. The van der Waals surface area contributed by atoms with Crippen molar-refractivity contribution in [2.24, 2.45) is 0 Å². The van der Waals surface area contributed by atoms with Crippen molar-refractivity contribution in [3.8, 4) is 5.75 Å². The van der Waals surface area contributed by atoms with Gasteiger partial charge in [0, 0.05) is 31.0 Å². The van der Waals surface area contributed by atoms with Gasteiger partial charge in [0.2, 0.25) is 5.91 Å². The number of carbonyl (C=O) groups is 1. The first-order valence-corrected chi connectivity index (χ1v) is 10.3. The maximum Gasteiger partial charge on any atom is 0.269 e. The van der Waals surface area contributed by atoms with Gasteiger partial charge in [-0.25, -0.2) is 0 Å². The fourth-order valence-corrected chi connectivity index (χ4v) is 3.68. The van der Waals surface area contributed by atoms with E-state index in [1.807, 2.05) is 32.0 Å². The Morgan fingerprint density at radius 2 is 1.90 bits per heavy atom. The molecule has 0 radical (unpaired) electrons. The highest BCUT2D eigenvalue weighted by molar-refractivity contribution is 5.99. The van der Waals surface area contributed by atoms with Crippen LogP contribution >= 0.6 is 0 Å². The van der Waals surface area contributed by atoms with Crippen LogP contribution in [-0.2, 0) is 14.9 Å². The Morgan fingerprint density at radius 1 is 1.23 bits per heavy atom. The molecule has 1 aliphatic heterocycles. The Hall–Kier alpha value is -2.93. The minimum atomic E-state index is -0.785. The van der Waals surface area contributed by atoms with Gasteiger partial charge < -0.3 is 14.8 Å². The van der Waals surface area contributed by atoms with Crippen molar-refractivity contribution in [2.75, 3.05) is 18.5 Å². The van der Waals surface area contributed by atoms with E-state index < -0.39 is 10.3 Å². The molecule has 2 aromatic rings. The van der Waals surface area contributed by atoms with Crippen LogP contribution in [0.1, 0.15) is 44.2 Å². The number of hydrogen-bond donors (Lipinski definition) is 1. The van der Waals surface area contributed by atoms with Gasteiger partial charge in [0.05, 0.1) is 16.4 Å². The van der Waals surface area contributed by atoms with Crippen molar-refractivity contribution in [3.63, 3.8) is 0 Å². The number of non-ortho nitro benzene ring substituents is 1. The van der Waals surface area contributed by atoms with Crippen molar-refractivity contribution in [1.29, 1.82) is 0 Å². The van der Waals surface area contributed by atoms with Crippen LogP contribution in [0, 0.1) is 17.0 Å². The van der Waals surface area contributed by atoms with Gasteiger partial charge in [-0.1, -0.05) is 19.1 Å². The number of nitro benzene ring substituents is 1. The summed E-state index contributed by atoms with van der Waals surface area (Å²) in [6, 6.07) is 11.9. The predicted molar refractivity (Wildman–Crippen MR) is 115 cm³/mol. The number of anilines is 1. The summed E-state index contributed by atoms with van der Waals surface area (Å²) in [7, 11) is 0. The van der Waals surface area contributed by atoms with Gasteiger partial charge in [-0.2, -0.15) is 0 Å². The second kappa shape index (κ2) is 9.26. The molecule has 7 heteroatoms. The molecule has 0 bridgehead atoms. The predicted octanol–water partition coefficient (Wildman–Crippen LogP) is 4.77. The fourth-order valence-electron chi connectivity index (χ4n) is 3.68. The first kappa shape index (κ1) is 21.8. The first-order valence-electron chi connectivity index (χ1n) is 10.3. The number of nitro groups is 1. The molecule has 0 spiro atoms. The molecule has 1 unspecified atom stereocenters. The van der Waals surface area contributed by atoms with Gasteiger partial charge in [-0.3, -0.25) is 14.9 Å². The number of nitrogens with one attached hydrogen (secondary N) is 1. The first-order chi connectivity index (χ1) is 14.4. The van der Waals surface area contributed by atoms with Crippen LogP contribution < -0.4 is 10.1 Å². The summed E-state index contributed by atoms with van der Waals surface area (Å²) < 4.78 is 11.4. The van der Waals surface area contributed by atoms with Crippen LogP contribution in [0.4, 0.5) is 11.4 Å². The van der Waals surface area contributed by atoms with Crippen LogP contribution in [-0.4, -0.2) is 30.1 Å². The van der Waals surface area contributed by atoms with Gasteiger partial charge in [0.15, 0.2) is 0 Å². The molecule has 3 rings (SSSR count). The highest BCUT2D eigenvalue weighted by Gasteiger charge is 2.42. The number of hydrogen-bond acceptors (Lipinski definition) is 5. The van der Waals surface area contributed by atoms with Gasteiger partial charge in [-0.15, -0.1) is 0 Å². The molecule has 1 amide bonds. The molecule has 0 saturated carbocycles. The summed E-state index contributed by atoms with van der Waals surface area (Å²) in [5.74, 6) is 0.674. The molecule has 1 fully saturated rings. The second-order valence-corrected chi connectivity index (χ2v) is 7.77. The quantitative estimate of drug-likeness (QED) is 0.523. The van der Waals surface area contributed by atoms with Crippen molar-refractivity contribution in [2.45, 2.75) is 51.6 Å². The SMILES string of the molecule is CCC(C)Oc1ccc(NC(=O)C2(c3ccc([N+](=O)[O-])cc3)CCOCC2)cc1C. The number of nitrogens with zero attached hydrogens (tertiary/aromatic N) is 1. The van der Waals surface area contributed by atoms with Crippen molar-refractivity contribution in [1.82, 2.24) is 0 Å². The molecule has 1 saturated heterocycles. The molecule has 1 atom stereocenters. The van der Waals surface area contributed by atoms with Crippen LogP contribution in [0.3, 0.4) is 0 Å². The topological polar surface area (TPSA) is 90.7 Å². The van der Waals surface area contributed by atoms with Crippen molar-refractivity contribution < 1.29 is 19.2 Å². The lowest BCUT2D eigenvalue weighted by atomic mass is 9.73. The zero-order valence-electron chi connectivity index (χ0n) is 17.6. The molecule has 30 heavy (non-hydrogen) atoms. The minimum Gasteiger partial charge on any atom is -0.490 e. The molecule has 1 aliphatic rings. The third-order valence-electron chi connectivity index (χ3n) is 5.75. The number of amides is 1. The summed E-state index contributed by atoms with van der Waals surface area (Å²) in [6.07, 6.45) is 2.07. The van der Waals surface area contributed by atoms with E-state index in [1.54, 1.807) is 12.1 Å². The highest BCUT2D eigenvalue weighted by atomic mass is 16.6. The number of aryl methyl sites for hydroxylation is 1. The zero-order valence-corrected chi connectivity index (χ0v) is 17.6. The zero-order chi connectivity index (χ0) is 21.7. The number of ether oxygens (including phenoxy) is 2. The van der Waals surface area contributed by atoms with E-state index in [9.17, 15) is 14.9 Å². The molecular formula is C23H28N2O5. The molecule has 0 aromatic heterocycles. The smallest absolute Gasteiger partial charge is 0.269 e. The summed E-state index contributed by atoms with van der Waals surface area (Å²) in [6.45, 7) is 6.97. The molecule has 1 heterocycles. The average Bonchev–Trinajstić information content (AvgIpc) is 2.76. The lowest BCUT2D eigenvalue weighted by Gasteiger charge is -2.36.